The molecule has 0 aliphatic rings. The largest absolute Gasteiger partial charge is 0.352 e. The molecular weight excluding hydrogens is 262 g/mol. The number of nitrogens with one attached hydrogen (secondary N) is 2. The number of pyridine rings is 1. The van der Waals surface area contributed by atoms with Gasteiger partial charge in [-0.25, -0.2) is 0 Å². The average molecular weight is 283 g/mol. The molecule has 0 unspecified atom stereocenters. The van der Waals surface area contributed by atoms with Crippen LogP contribution in [0.1, 0.15) is 23.2 Å². The minimum atomic E-state index is 0.0593. The predicted molar refractivity (Wildman–Crippen MR) is 83.6 cm³/mol. The van der Waals surface area contributed by atoms with Crippen LogP contribution < -0.4 is 10.6 Å². The molecule has 2 N–H and O–H groups in total. The van der Waals surface area contributed by atoms with Crippen molar-refractivity contribution in [1.29, 1.82) is 0 Å². The Hall–Kier alpha value is -2.20. The van der Waals surface area contributed by atoms with Gasteiger partial charge in [-0.3, -0.25) is 9.78 Å². The summed E-state index contributed by atoms with van der Waals surface area (Å²) in [6.07, 6.45) is 2.24. The molecule has 1 aromatic carbocycles. The molecule has 2 aromatic rings. The maximum Gasteiger partial charge on any atom is 0.221 e. The Labute approximate surface area is 125 Å². The van der Waals surface area contributed by atoms with Crippen molar-refractivity contribution in [3.05, 3.63) is 65.5 Å². The fourth-order valence-corrected chi connectivity index (χ4v) is 1.92. The molecule has 0 aliphatic heterocycles. The van der Waals surface area contributed by atoms with Gasteiger partial charge in [0.2, 0.25) is 5.91 Å². The van der Waals surface area contributed by atoms with Crippen molar-refractivity contribution in [2.24, 2.45) is 0 Å². The number of amides is 1. The standard InChI is InChI=1S/C17H21N3O/c1-14-5-7-15(8-6-14)12-20-17(21)9-11-18-13-16-4-2-3-10-19-16/h2-8,10,18H,9,11-13H2,1H3,(H,20,21). The lowest BCUT2D eigenvalue weighted by Gasteiger charge is -2.07. The van der Waals surface area contributed by atoms with Gasteiger partial charge < -0.3 is 10.6 Å². The summed E-state index contributed by atoms with van der Waals surface area (Å²) in [5.41, 5.74) is 3.33. The van der Waals surface area contributed by atoms with Gasteiger partial charge in [0.05, 0.1) is 5.69 Å². The van der Waals surface area contributed by atoms with Gasteiger partial charge in [0, 0.05) is 32.3 Å². The van der Waals surface area contributed by atoms with Crippen LogP contribution in [0, 0.1) is 6.92 Å². The number of aromatic nitrogens is 1. The summed E-state index contributed by atoms with van der Waals surface area (Å²) in [5.74, 6) is 0.0593. The first kappa shape index (κ1) is 15.2. The number of carbonyl (C=O) groups is 1. The average Bonchev–Trinajstić information content (AvgIpc) is 2.52. The molecule has 2 rings (SSSR count). The lowest BCUT2D eigenvalue weighted by molar-refractivity contribution is -0.121. The summed E-state index contributed by atoms with van der Waals surface area (Å²) in [4.78, 5) is 15.9. The van der Waals surface area contributed by atoms with Crippen LogP contribution in [-0.2, 0) is 17.9 Å². The third kappa shape index (κ3) is 5.75. The molecule has 0 atom stereocenters. The summed E-state index contributed by atoms with van der Waals surface area (Å²) in [6.45, 7) is 3.97. The second kappa shape index (κ2) is 8.17. The molecule has 0 radical (unpaired) electrons. The number of nitrogens with zero attached hydrogens (tertiary/aromatic N) is 1. The van der Waals surface area contributed by atoms with Gasteiger partial charge >= 0.3 is 0 Å². The van der Waals surface area contributed by atoms with E-state index in [1.807, 2.05) is 30.3 Å². The Morgan fingerprint density at radius 2 is 1.90 bits per heavy atom. The van der Waals surface area contributed by atoms with Crippen molar-refractivity contribution in [3.8, 4) is 0 Å². The van der Waals surface area contributed by atoms with E-state index < -0.39 is 0 Å². The number of benzene rings is 1. The van der Waals surface area contributed by atoms with Crippen LogP contribution in [0.25, 0.3) is 0 Å². The molecule has 0 spiro atoms. The zero-order valence-corrected chi connectivity index (χ0v) is 12.3. The molecule has 0 bridgehead atoms. The molecule has 4 nitrogen and oxygen atoms in total. The predicted octanol–water partition coefficient (Wildman–Crippen LogP) is 2.19. The highest BCUT2D eigenvalue weighted by atomic mass is 16.1. The van der Waals surface area contributed by atoms with Crippen molar-refractivity contribution in [1.82, 2.24) is 15.6 Å². The van der Waals surface area contributed by atoms with Crippen LogP contribution in [0.15, 0.2) is 48.7 Å². The Morgan fingerprint density at radius 1 is 1.10 bits per heavy atom. The van der Waals surface area contributed by atoms with Crippen molar-refractivity contribution < 1.29 is 4.79 Å². The van der Waals surface area contributed by atoms with Gasteiger partial charge in [0.15, 0.2) is 0 Å². The molecule has 4 heteroatoms. The summed E-state index contributed by atoms with van der Waals surface area (Å²) >= 11 is 0. The fraction of sp³-hybridized carbons (Fsp3) is 0.294. The Bertz CT molecular complexity index is 552. The zero-order valence-electron chi connectivity index (χ0n) is 12.3. The number of rotatable bonds is 7. The van der Waals surface area contributed by atoms with Crippen LogP contribution >= 0.6 is 0 Å². The summed E-state index contributed by atoms with van der Waals surface area (Å²) in [6, 6.07) is 14.0. The van der Waals surface area contributed by atoms with Gasteiger partial charge in [0.1, 0.15) is 0 Å². The summed E-state index contributed by atoms with van der Waals surface area (Å²) < 4.78 is 0. The minimum absolute atomic E-state index is 0.0593. The highest BCUT2D eigenvalue weighted by molar-refractivity contribution is 5.76. The first-order valence-electron chi connectivity index (χ1n) is 7.17. The second-order valence-corrected chi connectivity index (χ2v) is 5.01. The molecule has 0 fully saturated rings. The van der Waals surface area contributed by atoms with Gasteiger partial charge in [-0.2, -0.15) is 0 Å². The number of hydrogen-bond acceptors (Lipinski definition) is 3. The number of carbonyl (C=O) groups excluding carboxylic acids is 1. The van der Waals surface area contributed by atoms with Crippen molar-refractivity contribution >= 4 is 5.91 Å². The Kier molecular flexibility index (Phi) is 5.91. The number of hydrogen-bond donors (Lipinski definition) is 2. The Balaban J connectivity index is 1.60. The molecule has 1 amide bonds. The van der Waals surface area contributed by atoms with Crippen molar-refractivity contribution in [2.75, 3.05) is 6.54 Å². The third-order valence-electron chi connectivity index (χ3n) is 3.17. The normalized spacial score (nSPS) is 10.3. The monoisotopic (exact) mass is 283 g/mol. The zero-order chi connectivity index (χ0) is 14.9. The van der Waals surface area contributed by atoms with Gasteiger partial charge in [-0.05, 0) is 24.6 Å². The SMILES string of the molecule is Cc1ccc(CNC(=O)CCNCc2ccccn2)cc1. The minimum Gasteiger partial charge on any atom is -0.352 e. The van der Waals surface area contributed by atoms with E-state index in [1.165, 1.54) is 5.56 Å². The van der Waals surface area contributed by atoms with E-state index >= 15 is 0 Å². The van der Waals surface area contributed by atoms with E-state index in [0.29, 0.717) is 26.1 Å². The first-order valence-corrected chi connectivity index (χ1v) is 7.17. The maximum absolute atomic E-state index is 11.7. The van der Waals surface area contributed by atoms with Gasteiger partial charge in [-0.15, -0.1) is 0 Å². The molecule has 0 aliphatic carbocycles. The highest BCUT2D eigenvalue weighted by Gasteiger charge is 2.01. The molecule has 1 heterocycles. The number of aryl methyl sites for hydroxylation is 1. The molecule has 1 aromatic heterocycles. The topological polar surface area (TPSA) is 54.0 Å². The maximum atomic E-state index is 11.7. The van der Waals surface area contributed by atoms with Crippen LogP contribution in [-0.4, -0.2) is 17.4 Å². The van der Waals surface area contributed by atoms with Crippen LogP contribution in [0.3, 0.4) is 0 Å². The van der Waals surface area contributed by atoms with Crippen LogP contribution in [0.2, 0.25) is 0 Å². The molecule has 0 saturated carbocycles. The molecule has 110 valence electrons. The molecule has 0 saturated heterocycles. The summed E-state index contributed by atoms with van der Waals surface area (Å²) in [5, 5.41) is 6.14. The Morgan fingerprint density at radius 3 is 2.62 bits per heavy atom. The quantitative estimate of drug-likeness (QED) is 0.766. The van der Waals surface area contributed by atoms with E-state index in [2.05, 4.69) is 34.7 Å². The smallest absolute Gasteiger partial charge is 0.221 e. The summed E-state index contributed by atoms with van der Waals surface area (Å²) in [7, 11) is 0. The fourth-order valence-electron chi connectivity index (χ4n) is 1.92. The van der Waals surface area contributed by atoms with Crippen LogP contribution in [0.4, 0.5) is 0 Å². The van der Waals surface area contributed by atoms with E-state index in [-0.39, 0.29) is 5.91 Å². The van der Waals surface area contributed by atoms with E-state index in [9.17, 15) is 4.79 Å². The third-order valence-corrected chi connectivity index (χ3v) is 3.17. The first-order chi connectivity index (χ1) is 10.2. The van der Waals surface area contributed by atoms with Crippen molar-refractivity contribution in [3.63, 3.8) is 0 Å². The van der Waals surface area contributed by atoms with E-state index in [0.717, 1.165) is 11.3 Å². The highest BCUT2D eigenvalue weighted by Crippen LogP contribution is 2.02. The lowest BCUT2D eigenvalue weighted by Crippen LogP contribution is -2.27. The lowest BCUT2D eigenvalue weighted by atomic mass is 10.1. The van der Waals surface area contributed by atoms with Gasteiger partial charge in [0.25, 0.3) is 0 Å². The molecule has 21 heavy (non-hydrogen) atoms. The van der Waals surface area contributed by atoms with Crippen LogP contribution in [0.5, 0.6) is 0 Å². The van der Waals surface area contributed by atoms with Gasteiger partial charge in [-0.1, -0.05) is 35.9 Å². The second-order valence-electron chi connectivity index (χ2n) is 5.01. The van der Waals surface area contributed by atoms with Crippen molar-refractivity contribution in [2.45, 2.75) is 26.4 Å². The van der Waals surface area contributed by atoms with E-state index in [1.54, 1.807) is 6.20 Å². The van der Waals surface area contributed by atoms with E-state index in [4.69, 9.17) is 0 Å². The molecular formula is C17H21N3O.